The Morgan fingerprint density at radius 3 is 2.30 bits per heavy atom. The Morgan fingerprint density at radius 1 is 0.870 bits per heavy atom. The molecule has 23 heavy (non-hydrogen) atoms. The Kier molecular flexibility index (Phi) is 4.04. The first-order valence-corrected chi connectivity index (χ1v) is 9.60. The maximum absolute atomic E-state index is 6.46. The van der Waals surface area contributed by atoms with Gasteiger partial charge in [-0.25, -0.2) is 0 Å². The second-order valence-electron chi connectivity index (χ2n) is 7.65. The monoisotopic (exact) mass is 440 g/mol. The van der Waals surface area contributed by atoms with E-state index in [0.717, 1.165) is 12.8 Å². The summed E-state index contributed by atoms with van der Waals surface area (Å²) in [6.07, 6.45) is 1.22. The van der Waals surface area contributed by atoms with Crippen molar-refractivity contribution >= 4 is 22.6 Å². The first-order chi connectivity index (χ1) is 10.7. The molecule has 1 unspecified atom stereocenters. The van der Waals surface area contributed by atoms with Gasteiger partial charge in [0.05, 0.1) is 17.1 Å². The molecule has 4 saturated heterocycles. The SMILES string of the molecule is CC1(C)OC[C@H]([C@H]2O[C@@]3(OCCCC3I)[C@H]3OC(C)(C)O[C@@H]23)O1. The van der Waals surface area contributed by atoms with Crippen LogP contribution in [0.25, 0.3) is 0 Å². The van der Waals surface area contributed by atoms with Crippen molar-refractivity contribution in [3.8, 4) is 0 Å². The van der Waals surface area contributed by atoms with Crippen molar-refractivity contribution in [2.75, 3.05) is 13.2 Å². The standard InChI is InChI=1S/C16H25IO6/c1-14(2)19-8-9(20-14)11-12-13(23-15(3,4)21-12)16(22-11)10(17)6-5-7-18-16/h9-13H,5-8H2,1-4H3/t9-,10?,11-,12+,13+,16-/m1/s1. The first kappa shape index (κ1) is 16.9. The zero-order chi connectivity index (χ0) is 16.5. The van der Waals surface area contributed by atoms with Gasteiger partial charge in [0, 0.05) is 0 Å². The van der Waals surface area contributed by atoms with Crippen LogP contribution in [-0.4, -0.2) is 58.9 Å². The number of alkyl halides is 1. The maximum atomic E-state index is 6.46. The van der Waals surface area contributed by atoms with Crippen LogP contribution in [0.2, 0.25) is 0 Å². The lowest BCUT2D eigenvalue weighted by molar-refractivity contribution is -0.307. The highest BCUT2D eigenvalue weighted by atomic mass is 127. The van der Waals surface area contributed by atoms with Crippen LogP contribution in [0.1, 0.15) is 40.5 Å². The second kappa shape index (κ2) is 5.49. The van der Waals surface area contributed by atoms with E-state index in [1.165, 1.54) is 0 Å². The highest BCUT2D eigenvalue weighted by Gasteiger charge is 2.68. The summed E-state index contributed by atoms with van der Waals surface area (Å²) in [7, 11) is 0. The van der Waals surface area contributed by atoms with Gasteiger partial charge in [-0.05, 0) is 40.5 Å². The summed E-state index contributed by atoms with van der Waals surface area (Å²) in [5, 5.41) is 0. The fraction of sp³-hybridized carbons (Fsp3) is 1.00. The van der Waals surface area contributed by atoms with Gasteiger partial charge >= 0.3 is 0 Å². The van der Waals surface area contributed by atoms with E-state index in [-0.39, 0.29) is 28.3 Å². The molecule has 4 rings (SSSR count). The summed E-state index contributed by atoms with van der Waals surface area (Å²) >= 11 is 2.42. The number of rotatable bonds is 1. The van der Waals surface area contributed by atoms with Crippen molar-refractivity contribution < 1.29 is 28.4 Å². The van der Waals surface area contributed by atoms with E-state index >= 15 is 0 Å². The lowest BCUT2D eigenvalue weighted by Crippen LogP contribution is -2.54. The van der Waals surface area contributed by atoms with Crippen LogP contribution >= 0.6 is 22.6 Å². The molecule has 0 aromatic rings. The van der Waals surface area contributed by atoms with Crippen LogP contribution in [0.3, 0.4) is 0 Å². The van der Waals surface area contributed by atoms with E-state index in [4.69, 9.17) is 28.4 Å². The molecule has 4 aliphatic rings. The normalized spacial score (nSPS) is 51.3. The molecule has 6 atom stereocenters. The number of fused-ring (bicyclic) bond motifs is 2. The second-order valence-corrected chi connectivity index (χ2v) is 9.15. The van der Waals surface area contributed by atoms with Gasteiger partial charge in [-0.3, -0.25) is 0 Å². The van der Waals surface area contributed by atoms with E-state index in [1.54, 1.807) is 0 Å². The smallest absolute Gasteiger partial charge is 0.210 e. The largest absolute Gasteiger partial charge is 0.348 e. The Balaban J connectivity index is 1.64. The first-order valence-electron chi connectivity index (χ1n) is 8.36. The van der Waals surface area contributed by atoms with Gasteiger partial charge in [0.2, 0.25) is 5.79 Å². The molecular weight excluding hydrogens is 415 g/mol. The van der Waals surface area contributed by atoms with Crippen molar-refractivity contribution in [3.05, 3.63) is 0 Å². The number of hydrogen-bond acceptors (Lipinski definition) is 6. The van der Waals surface area contributed by atoms with Crippen LogP contribution in [-0.2, 0) is 28.4 Å². The molecule has 4 heterocycles. The lowest BCUT2D eigenvalue weighted by Gasteiger charge is -2.41. The molecule has 0 saturated carbocycles. The Morgan fingerprint density at radius 2 is 1.65 bits per heavy atom. The molecule has 7 heteroatoms. The van der Waals surface area contributed by atoms with Crippen LogP contribution in [0.15, 0.2) is 0 Å². The Labute approximate surface area is 150 Å². The Bertz CT molecular complexity index is 483. The quantitative estimate of drug-likeness (QED) is 0.461. The summed E-state index contributed by atoms with van der Waals surface area (Å²) in [6.45, 7) is 8.90. The minimum atomic E-state index is -0.752. The minimum Gasteiger partial charge on any atom is -0.348 e. The molecule has 0 bridgehead atoms. The number of ether oxygens (including phenoxy) is 6. The molecule has 4 fully saturated rings. The van der Waals surface area contributed by atoms with Gasteiger partial charge in [0.15, 0.2) is 11.6 Å². The molecule has 0 amide bonds. The van der Waals surface area contributed by atoms with Crippen molar-refractivity contribution in [2.45, 2.75) is 86.2 Å². The zero-order valence-corrected chi connectivity index (χ0v) is 16.2. The number of halogens is 1. The van der Waals surface area contributed by atoms with Gasteiger partial charge in [-0.2, -0.15) is 0 Å². The highest BCUT2D eigenvalue weighted by molar-refractivity contribution is 14.1. The van der Waals surface area contributed by atoms with Crippen LogP contribution < -0.4 is 0 Å². The van der Waals surface area contributed by atoms with Crippen molar-refractivity contribution in [1.29, 1.82) is 0 Å². The molecule has 0 radical (unpaired) electrons. The predicted molar refractivity (Wildman–Crippen MR) is 89.3 cm³/mol. The van der Waals surface area contributed by atoms with Crippen molar-refractivity contribution in [1.82, 2.24) is 0 Å². The molecule has 6 nitrogen and oxygen atoms in total. The lowest BCUT2D eigenvalue weighted by atomic mass is 9.96. The van der Waals surface area contributed by atoms with Gasteiger partial charge < -0.3 is 28.4 Å². The summed E-state index contributed by atoms with van der Waals surface area (Å²) in [6, 6.07) is 0. The molecule has 4 aliphatic heterocycles. The third-order valence-electron chi connectivity index (χ3n) is 4.93. The van der Waals surface area contributed by atoms with E-state index < -0.39 is 17.4 Å². The van der Waals surface area contributed by atoms with E-state index in [2.05, 4.69) is 22.6 Å². The molecule has 0 aromatic carbocycles. The zero-order valence-electron chi connectivity index (χ0n) is 14.0. The van der Waals surface area contributed by atoms with Crippen molar-refractivity contribution in [3.63, 3.8) is 0 Å². The summed E-state index contributed by atoms with van der Waals surface area (Å²) in [4.78, 5) is 0. The summed E-state index contributed by atoms with van der Waals surface area (Å²) in [5.41, 5.74) is 0. The average Bonchev–Trinajstić information content (AvgIpc) is 3.05. The molecule has 132 valence electrons. The van der Waals surface area contributed by atoms with Crippen molar-refractivity contribution in [2.24, 2.45) is 0 Å². The predicted octanol–water partition coefficient (Wildman–Crippen LogP) is 2.37. The fourth-order valence-corrected chi connectivity index (χ4v) is 5.13. The van der Waals surface area contributed by atoms with Crippen LogP contribution in [0.4, 0.5) is 0 Å². The third-order valence-corrected chi connectivity index (χ3v) is 6.42. The maximum Gasteiger partial charge on any atom is 0.210 e. The summed E-state index contributed by atoms with van der Waals surface area (Å²) in [5.74, 6) is -1.99. The van der Waals surface area contributed by atoms with Gasteiger partial charge in [0.25, 0.3) is 0 Å². The molecule has 0 aliphatic carbocycles. The molecule has 0 aromatic heterocycles. The molecular formula is C16H25IO6. The molecule has 1 spiro atoms. The van der Waals surface area contributed by atoms with Gasteiger partial charge in [0.1, 0.15) is 24.4 Å². The Hall–Kier alpha value is 0.490. The van der Waals surface area contributed by atoms with Gasteiger partial charge in [-0.1, -0.05) is 22.6 Å². The van der Waals surface area contributed by atoms with E-state index in [9.17, 15) is 0 Å². The van der Waals surface area contributed by atoms with Crippen LogP contribution in [0.5, 0.6) is 0 Å². The third kappa shape index (κ3) is 2.76. The summed E-state index contributed by atoms with van der Waals surface area (Å²) < 4.78 is 37.0. The van der Waals surface area contributed by atoms with Crippen LogP contribution in [0, 0.1) is 0 Å². The van der Waals surface area contributed by atoms with E-state index in [1.807, 2.05) is 27.7 Å². The topological polar surface area (TPSA) is 55.4 Å². The molecule has 0 N–H and O–H groups in total. The van der Waals surface area contributed by atoms with E-state index in [0.29, 0.717) is 13.2 Å². The minimum absolute atomic E-state index is 0.177. The number of hydrogen-bond donors (Lipinski definition) is 0. The average molecular weight is 440 g/mol. The highest BCUT2D eigenvalue weighted by Crippen LogP contribution is 2.51. The fourth-order valence-electron chi connectivity index (χ4n) is 4.01. The van der Waals surface area contributed by atoms with Gasteiger partial charge in [-0.15, -0.1) is 0 Å².